The van der Waals surface area contributed by atoms with E-state index in [2.05, 4.69) is 20.8 Å². The molecular weight excluding hydrogens is 266 g/mol. The molecule has 126 valence electrons. The van der Waals surface area contributed by atoms with E-state index >= 15 is 0 Å². The van der Waals surface area contributed by atoms with Gasteiger partial charge in [-0.15, -0.1) is 0 Å². The fourth-order valence-electron chi connectivity index (χ4n) is 2.95. The minimum atomic E-state index is -0.961. The SMILES string of the molecule is CCCCCCC(O)C[N+](CC)(CC)CCCCC(=O)[O-]. The minimum Gasteiger partial charge on any atom is -0.550 e. The number of carboxylic acids is 1. The highest BCUT2D eigenvalue weighted by molar-refractivity contribution is 5.64. The number of hydrogen-bond acceptors (Lipinski definition) is 3. The first-order valence-corrected chi connectivity index (χ1v) is 8.72. The van der Waals surface area contributed by atoms with Crippen molar-refractivity contribution in [1.82, 2.24) is 0 Å². The molecule has 0 aliphatic carbocycles. The second-order valence-corrected chi connectivity index (χ2v) is 6.21. The third kappa shape index (κ3) is 9.86. The molecule has 0 rings (SSSR count). The van der Waals surface area contributed by atoms with Crippen molar-refractivity contribution >= 4 is 5.97 Å². The summed E-state index contributed by atoms with van der Waals surface area (Å²) in [6.45, 7) is 10.2. The van der Waals surface area contributed by atoms with Crippen molar-refractivity contribution in [1.29, 1.82) is 0 Å². The number of nitrogens with zero attached hydrogens (tertiary/aromatic N) is 1. The van der Waals surface area contributed by atoms with E-state index in [0.717, 1.165) is 49.9 Å². The van der Waals surface area contributed by atoms with Gasteiger partial charge in [0.2, 0.25) is 0 Å². The average molecular weight is 301 g/mol. The normalized spacial score (nSPS) is 13.3. The number of rotatable bonds is 14. The molecule has 0 saturated heterocycles. The van der Waals surface area contributed by atoms with Crippen LogP contribution in [0.5, 0.6) is 0 Å². The van der Waals surface area contributed by atoms with Crippen molar-refractivity contribution in [3.63, 3.8) is 0 Å². The highest BCUT2D eigenvalue weighted by Crippen LogP contribution is 2.15. The van der Waals surface area contributed by atoms with Crippen LogP contribution in [0.3, 0.4) is 0 Å². The average Bonchev–Trinajstić information content (AvgIpc) is 2.46. The van der Waals surface area contributed by atoms with Crippen LogP contribution in [0.15, 0.2) is 0 Å². The van der Waals surface area contributed by atoms with Crippen molar-refractivity contribution in [2.45, 2.75) is 78.2 Å². The molecule has 0 aliphatic heterocycles. The fourth-order valence-corrected chi connectivity index (χ4v) is 2.95. The molecule has 0 aromatic heterocycles. The molecule has 0 aromatic carbocycles. The summed E-state index contributed by atoms with van der Waals surface area (Å²) in [5, 5.41) is 20.7. The van der Waals surface area contributed by atoms with Gasteiger partial charge in [0.15, 0.2) is 0 Å². The lowest BCUT2D eigenvalue weighted by Crippen LogP contribution is -2.52. The maximum atomic E-state index is 10.5. The van der Waals surface area contributed by atoms with E-state index in [1.807, 2.05) is 0 Å². The first-order chi connectivity index (χ1) is 9.99. The molecule has 0 spiro atoms. The quantitative estimate of drug-likeness (QED) is 0.395. The van der Waals surface area contributed by atoms with E-state index < -0.39 is 5.97 Å². The Morgan fingerprint density at radius 3 is 2.24 bits per heavy atom. The van der Waals surface area contributed by atoms with Crippen molar-refractivity contribution in [2.75, 3.05) is 26.2 Å². The Kier molecular flexibility index (Phi) is 11.6. The van der Waals surface area contributed by atoms with Gasteiger partial charge in [0.1, 0.15) is 12.6 Å². The zero-order valence-corrected chi connectivity index (χ0v) is 14.3. The molecule has 4 nitrogen and oxygen atoms in total. The summed E-state index contributed by atoms with van der Waals surface area (Å²) >= 11 is 0. The van der Waals surface area contributed by atoms with E-state index in [1.54, 1.807) is 0 Å². The first-order valence-electron chi connectivity index (χ1n) is 8.72. The third-order valence-corrected chi connectivity index (χ3v) is 4.59. The van der Waals surface area contributed by atoms with Crippen LogP contribution in [0.2, 0.25) is 0 Å². The molecule has 0 heterocycles. The number of carbonyl (C=O) groups excluding carboxylic acids is 1. The van der Waals surface area contributed by atoms with Gasteiger partial charge in [-0.2, -0.15) is 0 Å². The lowest BCUT2D eigenvalue weighted by molar-refractivity contribution is -0.928. The van der Waals surface area contributed by atoms with Crippen LogP contribution < -0.4 is 5.11 Å². The molecule has 1 atom stereocenters. The molecule has 0 radical (unpaired) electrons. The molecule has 0 aromatic rings. The van der Waals surface area contributed by atoms with Crippen LogP contribution in [-0.4, -0.2) is 47.8 Å². The molecular formula is C17H35NO3. The van der Waals surface area contributed by atoms with Gasteiger partial charge in [-0.1, -0.05) is 32.6 Å². The number of likely N-dealkylation sites (N-methyl/N-ethyl adjacent to an activating group) is 1. The fraction of sp³-hybridized carbons (Fsp3) is 0.941. The van der Waals surface area contributed by atoms with Gasteiger partial charge >= 0.3 is 0 Å². The van der Waals surface area contributed by atoms with E-state index in [4.69, 9.17) is 0 Å². The Morgan fingerprint density at radius 2 is 1.71 bits per heavy atom. The number of aliphatic hydroxyl groups is 1. The van der Waals surface area contributed by atoms with Crippen LogP contribution >= 0.6 is 0 Å². The number of quaternary nitrogens is 1. The molecule has 0 bridgehead atoms. The van der Waals surface area contributed by atoms with Gasteiger partial charge in [0.25, 0.3) is 0 Å². The van der Waals surface area contributed by atoms with Gasteiger partial charge in [-0.05, 0) is 39.5 Å². The molecule has 1 unspecified atom stereocenters. The van der Waals surface area contributed by atoms with Crippen LogP contribution in [-0.2, 0) is 4.79 Å². The topological polar surface area (TPSA) is 60.4 Å². The van der Waals surface area contributed by atoms with Crippen LogP contribution in [0.25, 0.3) is 0 Å². The van der Waals surface area contributed by atoms with Crippen molar-refractivity contribution < 1.29 is 19.5 Å². The molecule has 0 saturated carbocycles. The highest BCUT2D eigenvalue weighted by Gasteiger charge is 2.26. The second-order valence-electron chi connectivity index (χ2n) is 6.21. The molecule has 0 amide bonds. The van der Waals surface area contributed by atoms with E-state index in [9.17, 15) is 15.0 Å². The van der Waals surface area contributed by atoms with E-state index in [-0.39, 0.29) is 12.5 Å². The van der Waals surface area contributed by atoms with Crippen LogP contribution in [0.4, 0.5) is 0 Å². The second kappa shape index (κ2) is 12.0. The predicted molar refractivity (Wildman–Crippen MR) is 84.7 cm³/mol. The summed E-state index contributed by atoms with van der Waals surface area (Å²) in [4.78, 5) is 10.5. The standard InChI is InChI=1S/C17H35NO3/c1-4-7-8-9-12-16(19)15-18(5-2,6-3)14-11-10-13-17(20)21/h16,19H,4-15H2,1-3H3. The van der Waals surface area contributed by atoms with Crippen LogP contribution in [0.1, 0.15) is 72.1 Å². The van der Waals surface area contributed by atoms with Crippen LogP contribution in [0, 0.1) is 0 Å². The van der Waals surface area contributed by atoms with E-state index in [0.29, 0.717) is 6.42 Å². The maximum absolute atomic E-state index is 10.5. The lowest BCUT2D eigenvalue weighted by atomic mass is 10.1. The van der Waals surface area contributed by atoms with Crippen molar-refractivity contribution in [2.24, 2.45) is 0 Å². The largest absolute Gasteiger partial charge is 0.550 e. The maximum Gasteiger partial charge on any atom is 0.105 e. The Bertz CT molecular complexity index is 265. The van der Waals surface area contributed by atoms with Gasteiger partial charge in [-0.25, -0.2) is 0 Å². The van der Waals surface area contributed by atoms with Gasteiger partial charge < -0.3 is 19.5 Å². The lowest BCUT2D eigenvalue weighted by Gasteiger charge is -2.38. The molecule has 4 heteroatoms. The number of unbranched alkanes of at least 4 members (excludes halogenated alkanes) is 4. The zero-order valence-electron chi connectivity index (χ0n) is 14.3. The summed E-state index contributed by atoms with van der Waals surface area (Å²) in [6, 6.07) is 0. The Balaban J connectivity index is 4.14. The van der Waals surface area contributed by atoms with Crippen molar-refractivity contribution in [3.8, 4) is 0 Å². The number of carbonyl (C=O) groups is 1. The Morgan fingerprint density at radius 1 is 1.05 bits per heavy atom. The number of carboxylic acid groups (broad SMARTS) is 1. The van der Waals surface area contributed by atoms with E-state index in [1.165, 1.54) is 19.3 Å². The summed E-state index contributed by atoms with van der Waals surface area (Å²) in [5.41, 5.74) is 0. The van der Waals surface area contributed by atoms with Crippen molar-refractivity contribution in [3.05, 3.63) is 0 Å². The summed E-state index contributed by atoms with van der Waals surface area (Å²) < 4.78 is 0.891. The van der Waals surface area contributed by atoms with Gasteiger partial charge in [0, 0.05) is 5.97 Å². The number of aliphatic carboxylic acids is 1. The number of aliphatic hydroxyl groups excluding tert-OH is 1. The first kappa shape index (κ1) is 20.4. The smallest absolute Gasteiger partial charge is 0.105 e. The third-order valence-electron chi connectivity index (χ3n) is 4.59. The summed E-state index contributed by atoms with van der Waals surface area (Å²) in [5.74, 6) is -0.961. The summed E-state index contributed by atoms with van der Waals surface area (Å²) in [6.07, 6.45) is 7.14. The summed E-state index contributed by atoms with van der Waals surface area (Å²) in [7, 11) is 0. The Labute approximate surface area is 130 Å². The number of hydrogen-bond donors (Lipinski definition) is 1. The molecule has 1 N–H and O–H groups in total. The minimum absolute atomic E-state index is 0.146. The molecule has 0 fully saturated rings. The van der Waals surface area contributed by atoms with Gasteiger partial charge in [0.05, 0.1) is 19.6 Å². The monoisotopic (exact) mass is 301 g/mol. The Hall–Kier alpha value is -0.610. The predicted octanol–water partition coefficient (Wildman–Crippen LogP) is 2.09. The molecule has 0 aliphatic rings. The highest BCUT2D eigenvalue weighted by atomic mass is 16.4. The van der Waals surface area contributed by atoms with Gasteiger partial charge in [-0.3, -0.25) is 0 Å². The zero-order chi connectivity index (χ0) is 16.1. The molecule has 21 heavy (non-hydrogen) atoms.